The number of aromatic nitrogens is 3. The highest BCUT2D eigenvalue weighted by Crippen LogP contribution is 2.24. The Morgan fingerprint density at radius 1 is 1.33 bits per heavy atom. The fourth-order valence-electron chi connectivity index (χ4n) is 2.90. The van der Waals surface area contributed by atoms with E-state index in [9.17, 15) is 0 Å². The Hall–Kier alpha value is -1.89. The predicted octanol–water partition coefficient (Wildman–Crippen LogP) is 3.48. The van der Waals surface area contributed by atoms with Crippen molar-refractivity contribution in [3.8, 4) is 0 Å². The summed E-state index contributed by atoms with van der Waals surface area (Å²) in [5, 5.41) is 14.6. The van der Waals surface area contributed by atoms with Crippen molar-refractivity contribution in [2.24, 2.45) is 12.0 Å². The zero-order chi connectivity index (χ0) is 20.2. The molecule has 0 saturated heterocycles. The fraction of sp³-hybridized carbons (Fsp3) is 0.650. The van der Waals surface area contributed by atoms with Gasteiger partial charge in [0.2, 0.25) is 0 Å². The number of hydrogen-bond acceptors (Lipinski definition) is 4. The first-order valence-electron chi connectivity index (χ1n) is 9.60. The van der Waals surface area contributed by atoms with E-state index in [0.717, 1.165) is 35.3 Å². The van der Waals surface area contributed by atoms with Gasteiger partial charge < -0.3 is 10.6 Å². The first kappa shape index (κ1) is 21.4. The van der Waals surface area contributed by atoms with Gasteiger partial charge >= 0.3 is 0 Å². The number of guanidine groups is 1. The van der Waals surface area contributed by atoms with Crippen LogP contribution in [0.4, 0.5) is 0 Å². The Bertz CT molecular complexity index is 781. The molecule has 0 spiro atoms. The molecule has 0 aliphatic carbocycles. The third-order valence-electron chi connectivity index (χ3n) is 4.59. The molecule has 1 atom stereocenters. The lowest BCUT2D eigenvalue weighted by atomic mass is 9.93. The molecule has 2 aromatic heterocycles. The summed E-state index contributed by atoms with van der Waals surface area (Å²) in [6.07, 6.45) is 0.918. The number of nitrogens with zero attached hydrogens (tertiary/aromatic N) is 4. The maximum Gasteiger partial charge on any atom is 0.191 e. The molecule has 150 valence electrons. The van der Waals surface area contributed by atoms with Gasteiger partial charge in [0.15, 0.2) is 5.96 Å². The van der Waals surface area contributed by atoms with Gasteiger partial charge in [-0.25, -0.2) is 9.98 Å². The van der Waals surface area contributed by atoms with Gasteiger partial charge in [-0.3, -0.25) is 4.68 Å². The third kappa shape index (κ3) is 5.79. The van der Waals surface area contributed by atoms with E-state index in [1.54, 1.807) is 11.3 Å². The molecule has 2 rings (SSSR count). The minimum absolute atomic E-state index is 0.0785. The van der Waals surface area contributed by atoms with Crippen molar-refractivity contribution in [2.75, 3.05) is 6.54 Å². The Labute approximate surface area is 167 Å². The van der Waals surface area contributed by atoms with E-state index in [1.165, 1.54) is 11.3 Å². The monoisotopic (exact) mass is 390 g/mol. The summed E-state index contributed by atoms with van der Waals surface area (Å²) < 4.78 is 1.95. The first-order valence-corrected chi connectivity index (χ1v) is 10.5. The lowest BCUT2D eigenvalue weighted by Crippen LogP contribution is -2.43. The van der Waals surface area contributed by atoms with Gasteiger partial charge in [-0.1, -0.05) is 20.8 Å². The topological polar surface area (TPSA) is 67.1 Å². The second-order valence-corrected chi connectivity index (χ2v) is 9.04. The highest BCUT2D eigenvalue weighted by atomic mass is 32.1. The van der Waals surface area contributed by atoms with Crippen LogP contribution in [0.2, 0.25) is 0 Å². The van der Waals surface area contributed by atoms with Crippen molar-refractivity contribution < 1.29 is 0 Å². The summed E-state index contributed by atoms with van der Waals surface area (Å²) in [6.45, 7) is 16.4. The lowest BCUT2D eigenvalue weighted by molar-refractivity contribution is 0.571. The molecular weight excluding hydrogens is 356 g/mol. The Morgan fingerprint density at radius 2 is 2.04 bits per heavy atom. The van der Waals surface area contributed by atoms with Crippen molar-refractivity contribution >= 4 is 17.3 Å². The molecule has 0 aliphatic rings. The van der Waals surface area contributed by atoms with E-state index in [0.29, 0.717) is 6.54 Å². The Balaban J connectivity index is 2.03. The maximum atomic E-state index is 4.73. The van der Waals surface area contributed by atoms with Gasteiger partial charge in [-0.05, 0) is 39.7 Å². The molecule has 0 aromatic carbocycles. The second-order valence-electron chi connectivity index (χ2n) is 8.09. The van der Waals surface area contributed by atoms with Crippen molar-refractivity contribution in [3.05, 3.63) is 33.0 Å². The van der Waals surface area contributed by atoms with Crippen LogP contribution in [-0.4, -0.2) is 33.3 Å². The van der Waals surface area contributed by atoms with Gasteiger partial charge in [0.05, 0.1) is 17.9 Å². The van der Waals surface area contributed by atoms with Crippen LogP contribution < -0.4 is 10.6 Å². The zero-order valence-electron chi connectivity index (χ0n) is 18.0. The summed E-state index contributed by atoms with van der Waals surface area (Å²) >= 11 is 1.68. The van der Waals surface area contributed by atoms with Crippen LogP contribution >= 0.6 is 11.3 Å². The minimum Gasteiger partial charge on any atom is -0.357 e. The second kappa shape index (κ2) is 8.87. The van der Waals surface area contributed by atoms with Crippen LogP contribution in [0.25, 0.3) is 0 Å². The van der Waals surface area contributed by atoms with Gasteiger partial charge in [-0.2, -0.15) is 5.10 Å². The number of aliphatic imine (C=N–C) groups is 1. The highest BCUT2D eigenvalue weighted by molar-refractivity contribution is 7.09. The average molecular weight is 391 g/mol. The molecule has 27 heavy (non-hydrogen) atoms. The molecule has 2 aromatic rings. The third-order valence-corrected chi connectivity index (χ3v) is 5.42. The summed E-state index contributed by atoms with van der Waals surface area (Å²) in [5.41, 5.74) is 4.84. The zero-order valence-corrected chi connectivity index (χ0v) is 18.8. The fourth-order valence-corrected chi connectivity index (χ4v) is 3.84. The van der Waals surface area contributed by atoms with E-state index >= 15 is 0 Å². The molecule has 6 nitrogen and oxygen atoms in total. The standard InChI is InChI=1S/C20H34N6S/c1-9-21-19(22-11-18-24-17(12-27-18)20(5,6)7)23-13(2)10-16-14(3)25-26(8)15(16)4/h12-13H,9-11H2,1-8H3,(H2,21,22,23). The minimum atomic E-state index is 0.0785. The quantitative estimate of drug-likeness (QED) is 0.585. The van der Waals surface area contributed by atoms with Gasteiger partial charge in [0, 0.05) is 36.1 Å². The summed E-state index contributed by atoms with van der Waals surface area (Å²) in [5.74, 6) is 0.830. The van der Waals surface area contributed by atoms with Gasteiger partial charge in [0.25, 0.3) is 0 Å². The van der Waals surface area contributed by atoms with Crippen LogP contribution in [0, 0.1) is 13.8 Å². The molecule has 0 amide bonds. The van der Waals surface area contributed by atoms with Crippen LogP contribution in [0.3, 0.4) is 0 Å². The van der Waals surface area contributed by atoms with E-state index < -0.39 is 0 Å². The predicted molar refractivity (Wildman–Crippen MR) is 115 cm³/mol. The molecule has 2 heterocycles. The van der Waals surface area contributed by atoms with Gasteiger partial charge in [0.1, 0.15) is 5.01 Å². The normalized spacial score (nSPS) is 13.7. The van der Waals surface area contributed by atoms with E-state index in [-0.39, 0.29) is 11.5 Å². The number of aryl methyl sites for hydroxylation is 2. The SMILES string of the molecule is CCNC(=NCc1nc(C(C)(C)C)cs1)NC(C)Cc1c(C)nn(C)c1C. The number of nitrogens with one attached hydrogen (secondary N) is 2. The van der Waals surface area contributed by atoms with Crippen LogP contribution in [0.5, 0.6) is 0 Å². The maximum absolute atomic E-state index is 4.73. The molecule has 0 fully saturated rings. The van der Waals surface area contributed by atoms with Crippen LogP contribution in [0.1, 0.15) is 62.3 Å². The largest absolute Gasteiger partial charge is 0.357 e. The average Bonchev–Trinajstić information content (AvgIpc) is 3.14. The molecule has 1 unspecified atom stereocenters. The molecule has 0 saturated carbocycles. The van der Waals surface area contributed by atoms with Crippen molar-refractivity contribution in [2.45, 2.75) is 72.9 Å². The molecule has 0 radical (unpaired) electrons. The van der Waals surface area contributed by atoms with Crippen LogP contribution in [0.15, 0.2) is 10.4 Å². The molecule has 0 aliphatic heterocycles. The number of hydrogen-bond donors (Lipinski definition) is 2. The van der Waals surface area contributed by atoms with E-state index in [2.05, 4.69) is 69.6 Å². The van der Waals surface area contributed by atoms with Crippen molar-refractivity contribution in [3.63, 3.8) is 0 Å². The van der Waals surface area contributed by atoms with Crippen LogP contribution in [-0.2, 0) is 25.4 Å². The number of rotatable bonds is 6. The highest BCUT2D eigenvalue weighted by Gasteiger charge is 2.17. The van der Waals surface area contributed by atoms with E-state index in [1.807, 2.05) is 11.7 Å². The molecule has 7 heteroatoms. The first-order chi connectivity index (χ1) is 12.6. The van der Waals surface area contributed by atoms with Gasteiger partial charge in [-0.15, -0.1) is 11.3 Å². The van der Waals surface area contributed by atoms with Crippen molar-refractivity contribution in [1.29, 1.82) is 0 Å². The number of thiazole rings is 1. The smallest absolute Gasteiger partial charge is 0.191 e. The molecular formula is C20H34N6S. The Morgan fingerprint density at radius 3 is 2.56 bits per heavy atom. The summed E-state index contributed by atoms with van der Waals surface area (Å²) in [7, 11) is 2.00. The summed E-state index contributed by atoms with van der Waals surface area (Å²) in [4.78, 5) is 9.46. The van der Waals surface area contributed by atoms with Crippen molar-refractivity contribution in [1.82, 2.24) is 25.4 Å². The summed E-state index contributed by atoms with van der Waals surface area (Å²) in [6, 6.07) is 0.255. The lowest BCUT2D eigenvalue weighted by Gasteiger charge is -2.18. The molecule has 2 N–H and O–H groups in total. The Kier molecular flexibility index (Phi) is 7.03. The molecule has 0 bridgehead atoms. The van der Waals surface area contributed by atoms with E-state index in [4.69, 9.17) is 9.98 Å².